The predicted molar refractivity (Wildman–Crippen MR) is 82.0 cm³/mol. The third-order valence-corrected chi connectivity index (χ3v) is 4.54. The number of alkyl halides is 3. The quantitative estimate of drug-likeness (QED) is 0.369. The van der Waals surface area contributed by atoms with Crippen molar-refractivity contribution in [3.63, 3.8) is 0 Å². The molecule has 0 saturated carbocycles. The lowest BCUT2D eigenvalue weighted by atomic mass is 10.0. The first-order valence-electron chi connectivity index (χ1n) is 6.64. The monoisotopic (exact) mass is 368 g/mol. The number of nitro groups is 1. The fraction of sp³-hybridized carbons (Fsp3) is 0.429. The molecule has 2 atom stereocenters. The highest BCUT2D eigenvalue weighted by atomic mass is 32.2. The summed E-state index contributed by atoms with van der Waals surface area (Å²) in [5.74, 6) is -1.67. The van der Waals surface area contributed by atoms with Gasteiger partial charge < -0.3 is 0 Å². The van der Waals surface area contributed by atoms with Crippen molar-refractivity contribution < 1.29 is 26.7 Å². The van der Waals surface area contributed by atoms with Crippen LogP contribution in [0.15, 0.2) is 24.8 Å². The standard InChI is InChI=1S/C14H16F4N2O3S/c1-5-11(19-24(23)13(2,3)4)9-6-8(20(21)22)7-10(12(9)15)14(16,17)18/h5-7,11,19H,1H2,2-4H3/t11-,24-/m1/s1. The molecule has 0 heterocycles. The molecule has 0 bridgehead atoms. The normalized spacial score (nSPS) is 15.0. The highest BCUT2D eigenvalue weighted by Gasteiger charge is 2.38. The molecular weight excluding hydrogens is 352 g/mol. The second-order valence-electron chi connectivity index (χ2n) is 5.86. The Morgan fingerprint density at radius 3 is 2.25 bits per heavy atom. The lowest BCUT2D eigenvalue weighted by molar-refractivity contribution is -0.385. The predicted octanol–water partition coefficient (Wildman–Crippen LogP) is 4.03. The molecule has 24 heavy (non-hydrogen) atoms. The lowest BCUT2D eigenvalue weighted by Gasteiger charge is -2.23. The van der Waals surface area contributed by atoms with Crippen molar-refractivity contribution >= 4 is 16.7 Å². The van der Waals surface area contributed by atoms with Gasteiger partial charge in [-0.15, -0.1) is 6.58 Å². The van der Waals surface area contributed by atoms with Crippen molar-refractivity contribution in [3.8, 4) is 0 Å². The van der Waals surface area contributed by atoms with Crippen molar-refractivity contribution in [3.05, 3.63) is 51.8 Å². The second kappa shape index (κ2) is 6.98. The minimum Gasteiger partial charge on any atom is -0.258 e. The van der Waals surface area contributed by atoms with Crippen molar-refractivity contribution in [2.45, 2.75) is 37.7 Å². The summed E-state index contributed by atoms with van der Waals surface area (Å²) in [6, 6.07) is -0.505. The van der Waals surface area contributed by atoms with E-state index in [-0.39, 0.29) is 6.07 Å². The van der Waals surface area contributed by atoms with Crippen LogP contribution in [0.2, 0.25) is 0 Å². The second-order valence-corrected chi connectivity index (χ2v) is 7.86. The number of non-ortho nitro benzene ring substituents is 1. The van der Waals surface area contributed by atoms with Crippen molar-refractivity contribution in [1.82, 2.24) is 4.72 Å². The molecule has 1 N–H and O–H groups in total. The summed E-state index contributed by atoms with van der Waals surface area (Å²) in [6.07, 6.45) is -4.08. The summed E-state index contributed by atoms with van der Waals surface area (Å²) >= 11 is 0. The number of nitro benzene ring substituents is 1. The maximum Gasteiger partial charge on any atom is 0.419 e. The molecule has 0 fully saturated rings. The zero-order valence-corrected chi connectivity index (χ0v) is 13.9. The summed E-state index contributed by atoms with van der Waals surface area (Å²) in [6.45, 7) is 8.16. The third-order valence-electron chi connectivity index (χ3n) is 2.96. The number of halogens is 4. The number of hydrogen-bond acceptors (Lipinski definition) is 3. The van der Waals surface area contributed by atoms with Crippen LogP contribution in [-0.2, 0) is 17.2 Å². The first-order chi connectivity index (χ1) is 10.8. The van der Waals surface area contributed by atoms with Gasteiger partial charge >= 0.3 is 6.18 Å². The molecule has 10 heteroatoms. The first-order valence-corrected chi connectivity index (χ1v) is 7.79. The van der Waals surface area contributed by atoms with Crippen molar-refractivity contribution in [2.24, 2.45) is 0 Å². The van der Waals surface area contributed by atoms with Crippen LogP contribution in [0.1, 0.15) is 37.9 Å². The van der Waals surface area contributed by atoms with Crippen LogP contribution in [0, 0.1) is 15.9 Å². The smallest absolute Gasteiger partial charge is 0.258 e. The van der Waals surface area contributed by atoms with Gasteiger partial charge in [0.15, 0.2) is 0 Å². The van der Waals surface area contributed by atoms with E-state index in [0.29, 0.717) is 6.07 Å². The molecule has 0 aliphatic heterocycles. The van der Waals surface area contributed by atoms with E-state index in [1.54, 1.807) is 20.8 Å². The fourth-order valence-electron chi connectivity index (χ4n) is 1.70. The zero-order chi connectivity index (χ0) is 18.9. The Hall–Kier alpha value is -1.81. The minimum absolute atomic E-state index is 0.125. The van der Waals surface area contributed by atoms with E-state index in [2.05, 4.69) is 11.3 Å². The molecule has 1 rings (SSSR count). The van der Waals surface area contributed by atoms with Crippen LogP contribution in [0.3, 0.4) is 0 Å². The van der Waals surface area contributed by atoms with Gasteiger partial charge in [0.1, 0.15) is 5.82 Å². The molecule has 0 radical (unpaired) electrons. The Morgan fingerprint density at radius 1 is 1.33 bits per heavy atom. The molecule has 0 aromatic heterocycles. The van der Waals surface area contributed by atoms with Gasteiger partial charge in [0.25, 0.3) is 5.69 Å². The number of hydrogen-bond donors (Lipinski definition) is 1. The summed E-state index contributed by atoms with van der Waals surface area (Å²) in [4.78, 5) is 9.79. The Kier molecular flexibility index (Phi) is 5.88. The van der Waals surface area contributed by atoms with Crippen molar-refractivity contribution in [1.29, 1.82) is 0 Å². The largest absolute Gasteiger partial charge is 0.419 e. The number of nitrogens with one attached hydrogen (secondary N) is 1. The van der Waals surface area contributed by atoms with Crippen LogP contribution < -0.4 is 4.72 Å². The highest BCUT2D eigenvalue weighted by molar-refractivity contribution is 7.84. The third kappa shape index (κ3) is 4.60. The Labute approximate surface area is 138 Å². The molecule has 0 unspecified atom stereocenters. The average molecular weight is 368 g/mol. The van der Waals surface area contributed by atoms with Gasteiger partial charge in [0.2, 0.25) is 0 Å². The molecule has 134 valence electrons. The zero-order valence-electron chi connectivity index (χ0n) is 13.1. The highest BCUT2D eigenvalue weighted by Crippen LogP contribution is 2.37. The van der Waals surface area contributed by atoms with Gasteiger partial charge in [0.05, 0.1) is 32.3 Å². The summed E-state index contributed by atoms with van der Waals surface area (Å²) < 4.78 is 66.8. The molecule has 0 aliphatic carbocycles. The Balaban J connectivity index is 3.49. The van der Waals surface area contributed by atoms with Crippen molar-refractivity contribution in [2.75, 3.05) is 0 Å². The maximum atomic E-state index is 14.3. The molecule has 0 spiro atoms. The average Bonchev–Trinajstić information content (AvgIpc) is 2.42. The Morgan fingerprint density at radius 2 is 1.88 bits per heavy atom. The minimum atomic E-state index is -5.11. The molecule has 0 amide bonds. The van der Waals surface area contributed by atoms with E-state index in [1.807, 2.05) is 0 Å². The van der Waals surface area contributed by atoms with Crippen LogP contribution in [0.25, 0.3) is 0 Å². The van der Waals surface area contributed by atoms with Crippen LogP contribution >= 0.6 is 0 Å². The maximum absolute atomic E-state index is 14.3. The molecule has 5 nitrogen and oxygen atoms in total. The lowest BCUT2D eigenvalue weighted by Crippen LogP contribution is -2.35. The molecule has 1 aromatic rings. The fourth-order valence-corrected chi connectivity index (χ4v) is 2.51. The summed E-state index contributed by atoms with van der Waals surface area (Å²) in [7, 11) is -1.76. The van der Waals surface area contributed by atoms with Gasteiger partial charge in [-0.1, -0.05) is 6.08 Å². The number of benzene rings is 1. The van der Waals surface area contributed by atoms with E-state index in [9.17, 15) is 31.9 Å². The van der Waals surface area contributed by atoms with E-state index in [4.69, 9.17) is 0 Å². The molecule has 0 aliphatic rings. The Bertz CT molecular complexity index is 684. The van der Waals surface area contributed by atoms with E-state index >= 15 is 0 Å². The van der Waals surface area contributed by atoms with Gasteiger partial charge in [-0.2, -0.15) is 13.2 Å². The topological polar surface area (TPSA) is 72.2 Å². The van der Waals surface area contributed by atoms with E-state index in [0.717, 1.165) is 6.08 Å². The van der Waals surface area contributed by atoms with Gasteiger partial charge in [-0.3, -0.25) is 10.1 Å². The molecule has 1 aromatic carbocycles. The molecule has 0 saturated heterocycles. The van der Waals surface area contributed by atoms with Crippen LogP contribution in [0.4, 0.5) is 23.2 Å². The molecular formula is C14H16F4N2O3S. The first kappa shape index (κ1) is 20.2. The van der Waals surface area contributed by atoms with Gasteiger partial charge in [-0.05, 0) is 20.8 Å². The number of nitrogens with zero attached hydrogens (tertiary/aromatic N) is 1. The van der Waals surface area contributed by atoms with Crippen LogP contribution in [0.5, 0.6) is 0 Å². The van der Waals surface area contributed by atoms with E-state index in [1.165, 1.54) is 0 Å². The van der Waals surface area contributed by atoms with Crippen LogP contribution in [-0.4, -0.2) is 13.9 Å². The van der Waals surface area contributed by atoms with Gasteiger partial charge in [-0.25, -0.2) is 13.3 Å². The van der Waals surface area contributed by atoms with E-state index < -0.39 is 55.5 Å². The summed E-state index contributed by atoms with van der Waals surface area (Å²) in [5.41, 5.74) is -3.33. The SMILES string of the molecule is C=C[C@@H](N[S@](=O)C(C)(C)C)c1cc([N+](=O)[O-])cc(C(F)(F)F)c1F. The van der Waals surface area contributed by atoms with Gasteiger partial charge in [0, 0.05) is 17.7 Å². The summed E-state index contributed by atoms with van der Waals surface area (Å²) in [5, 5.41) is 10.8. The number of rotatable bonds is 5.